The molecule has 0 bridgehead atoms. The molecule has 1 fully saturated rings. The fourth-order valence-corrected chi connectivity index (χ4v) is 3.95. The van der Waals surface area contributed by atoms with Crippen molar-refractivity contribution in [1.29, 1.82) is 0 Å². The van der Waals surface area contributed by atoms with Gasteiger partial charge in [-0.3, -0.25) is 9.88 Å². The fourth-order valence-electron chi connectivity index (χ4n) is 3.20. The van der Waals surface area contributed by atoms with Gasteiger partial charge in [0, 0.05) is 57.9 Å². The van der Waals surface area contributed by atoms with Gasteiger partial charge in [0.05, 0.1) is 17.9 Å². The first kappa shape index (κ1) is 20.5. The molecule has 0 saturated carbocycles. The number of aromatic nitrogens is 2. The zero-order valence-corrected chi connectivity index (χ0v) is 17.9. The molecule has 0 amide bonds. The van der Waals surface area contributed by atoms with Crippen molar-refractivity contribution in [2.45, 2.75) is 38.9 Å². The van der Waals surface area contributed by atoms with Crippen molar-refractivity contribution in [3.8, 4) is 0 Å². The third-order valence-electron chi connectivity index (χ3n) is 4.71. The maximum atomic E-state index is 4.73. The monoisotopic (exact) mass is 401 g/mol. The van der Waals surface area contributed by atoms with Crippen LogP contribution in [-0.2, 0) is 13.1 Å². The highest BCUT2D eigenvalue weighted by atomic mass is 32.1. The molecule has 0 spiro atoms. The molecular formula is C20H31N7S. The average Bonchev–Trinajstić information content (AvgIpc) is 3.18. The van der Waals surface area contributed by atoms with Crippen molar-refractivity contribution in [2.75, 3.05) is 38.6 Å². The number of thiazole rings is 1. The van der Waals surface area contributed by atoms with Gasteiger partial charge < -0.3 is 15.5 Å². The quantitative estimate of drug-likeness (QED) is 0.548. The molecule has 2 aromatic rings. The van der Waals surface area contributed by atoms with E-state index in [4.69, 9.17) is 4.99 Å². The van der Waals surface area contributed by atoms with Crippen LogP contribution in [0.1, 0.15) is 31.2 Å². The lowest BCUT2D eigenvalue weighted by molar-refractivity contribution is 0.196. The van der Waals surface area contributed by atoms with Crippen LogP contribution in [0.5, 0.6) is 0 Å². The van der Waals surface area contributed by atoms with Gasteiger partial charge in [-0.05, 0) is 31.9 Å². The van der Waals surface area contributed by atoms with Gasteiger partial charge in [0.2, 0.25) is 0 Å². The van der Waals surface area contributed by atoms with Gasteiger partial charge in [-0.2, -0.15) is 0 Å². The van der Waals surface area contributed by atoms with Crippen molar-refractivity contribution in [3.63, 3.8) is 0 Å². The van der Waals surface area contributed by atoms with Crippen LogP contribution in [0.2, 0.25) is 0 Å². The number of nitrogens with one attached hydrogen (secondary N) is 2. The Balaban J connectivity index is 1.48. The normalized spacial score (nSPS) is 16.2. The van der Waals surface area contributed by atoms with Crippen LogP contribution in [0.15, 0.2) is 34.8 Å². The Morgan fingerprint density at radius 2 is 2.11 bits per heavy atom. The van der Waals surface area contributed by atoms with Gasteiger partial charge in [0.25, 0.3) is 0 Å². The van der Waals surface area contributed by atoms with E-state index in [2.05, 4.69) is 49.9 Å². The van der Waals surface area contributed by atoms with Gasteiger partial charge in [-0.1, -0.05) is 6.07 Å². The molecule has 1 aliphatic heterocycles. The summed E-state index contributed by atoms with van der Waals surface area (Å²) in [5.41, 5.74) is 2.15. The second-order valence-electron chi connectivity index (χ2n) is 7.23. The second kappa shape index (κ2) is 10.4. The van der Waals surface area contributed by atoms with Crippen molar-refractivity contribution >= 4 is 22.4 Å². The first-order valence-corrected chi connectivity index (χ1v) is 10.8. The number of piperidine rings is 1. The molecule has 152 valence electrons. The Morgan fingerprint density at radius 3 is 2.75 bits per heavy atom. The predicted octanol–water partition coefficient (Wildman–Crippen LogP) is 2.32. The molecule has 3 rings (SSSR count). The fraction of sp³-hybridized carbons (Fsp3) is 0.550. The topological polar surface area (TPSA) is 68.7 Å². The summed E-state index contributed by atoms with van der Waals surface area (Å²) in [6.07, 6.45) is 4.09. The lowest BCUT2D eigenvalue weighted by Crippen LogP contribution is -2.48. The molecule has 2 aromatic heterocycles. The van der Waals surface area contributed by atoms with Crippen LogP contribution in [-0.4, -0.2) is 60.6 Å². The molecule has 3 heterocycles. The van der Waals surface area contributed by atoms with Gasteiger partial charge in [0.1, 0.15) is 0 Å². The van der Waals surface area contributed by atoms with Crippen LogP contribution in [0.3, 0.4) is 0 Å². The Labute approximate surface area is 171 Å². The largest absolute Gasteiger partial charge is 0.357 e. The number of rotatable bonds is 7. The van der Waals surface area contributed by atoms with E-state index >= 15 is 0 Å². The van der Waals surface area contributed by atoms with Crippen molar-refractivity contribution in [3.05, 3.63) is 41.2 Å². The predicted molar refractivity (Wildman–Crippen MR) is 117 cm³/mol. The molecule has 8 heteroatoms. The molecule has 0 unspecified atom stereocenters. The first-order chi connectivity index (χ1) is 13.6. The minimum absolute atomic E-state index is 0.450. The zero-order valence-electron chi connectivity index (χ0n) is 17.1. The SMILES string of the molecule is CCNC(=NCc1csc(N(C)C)n1)NC1CCN(Cc2ccccn2)CC1. The van der Waals surface area contributed by atoms with Gasteiger partial charge in [0.15, 0.2) is 11.1 Å². The third-order valence-corrected chi connectivity index (χ3v) is 5.76. The number of aliphatic imine (C=N–C) groups is 1. The van der Waals surface area contributed by atoms with Crippen LogP contribution >= 0.6 is 11.3 Å². The first-order valence-electron chi connectivity index (χ1n) is 9.93. The van der Waals surface area contributed by atoms with Crippen molar-refractivity contribution in [1.82, 2.24) is 25.5 Å². The summed E-state index contributed by atoms with van der Waals surface area (Å²) in [6.45, 7) is 6.62. The Hall–Kier alpha value is -2.19. The molecule has 0 aliphatic carbocycles. The summed E-state index contributed by atoms with van der Waals surface area (Å²) in [7, 11) is 4.02. The number of likely N-dealkylation sites (tertiary alicyclic amines) is 1. The second-order valence-corrected chi connectivity index (χ2v) is 8.06. The lowest BCUT2D eigenvalue weighted by Gasteiger charge is -2.32. The lowest BCUT2D eigenvalue weighted by atomic mass is 10.0. The minimum Gasteiger partial charge on any atom is -0.357 e. The average molecular weight is 402 g/mol. The number of hydrogen-bond donors (Lipinski definition) is 2. The summed E-state index contributed by atoms with van der Waals surface area (Å²) < 4.78 is 0. The number of guanidine groups is 1. The van der Waals surface area contributed by atoms with Gasteiger partial charge in [-0.15, -0.1) is 11.3 Å². The Morgan fingerprint density at radius 1 is 1.29 bits per heavy atom. The molecule has 1 aliphatic rings. The smallest absolute Gasteiger partial charge is 0.191 e. The minimum atomic E-state index is 0.450. The standard InChI is InChI=1S/C20H31N7S/c1-4-21-19(23-13-18-15-28-20(25-18)26(2)3)24-16-8-11-27(12-9-16)14-17-7-5-6-10-22-17/h5-7,10,15-16H,4,8-9,11-14H2,1-3H3,(H2,21,23,24). The maximum Gasteiger partial charge on any atom is 0.191 e. The van der Waals surface area contributed by atoms with Crippen LogP contribution in [0.25, 0.3) is 0 Å². The van der Waals surface area contributed by atoms with E-state index in [-0.39, 0.29) is 0 Å². The van der Waals surface area contributed by atoms with E-state index in [0.29, 0.717) is 12.6 Å². The van der Waals surface area contributed by atoms with E-state index in [1.54, 1.807) is 11.3 Å². The maximum absolute atomic E-state index is 4.73. The van der Waals surface area contributed by atoms with Gasteiger partial charge in [-0.25, -0.2) is 9.98 Å². The summed E-state index contributed by atoms with van der Waals surface area (Å²) in [5, 5.41) is 10.1. The highest BCUT2D eigenvalue weighted by molar-refractivity contribution is 7.13. The number of pyridine rings is 1. The third kappa shape index (κ3) is 6.17. The van der Waals surface area contributed by atoms with E-state index < -0.39 is 0 Å². The Kier molecular flexibility index (Phi) is 7.62. The van der Waals surface area contributed by atoms with Crippen molar-refractivity contribution in [2.24, 2.45) is 4.99 Å². The molecule has 0 radical (unpaired) electrons. The molecular weight excluding hydrogens is 370 g/mol. The number of nitrogens with zero attached hydrogens (tertiary/aromatic N) is 5. The summed E-state index contributed by atoms with van der Waals surface area (Å²) in [4.78, 5) is 18.3. The van der Waals surface area contributed by atoms with E-state index in [0.717, 1.165) is 61.5 Å². The highest BCUT2D eigenvalue weighted by Crippen LogP contribution is 2.18. The molecule has 0 atom stereocenters. The summed E-state index contributed by atoms with van der Waals surface area (Å²) in [5.74, 6) is 0.880. The van der Waals surface area contributed by atoms with Crippen LogP contribution < -0.4 is 15.5 Å². The molecule has 7 nitrogen and oxygen atoms in total. The van der Waals surface area contributed by atoms with E-state index in [1.165, 1.54) is 0 Å². The van der Waals surface area contributed by atoms with E-state index in [9.17, 15) is 0 Å². The molecule has 0 aromatic carbocycles. The van der Waals surface area contributed by atoms with Crippen LogP contribution in [0.4, 0.5) is 5.13 Å². The van der Waals surface area contributed by atoms with Crippen molar-refractivity contribution < 1.29 is 0 Å². The zero-order chi connectivity index (χ0) is 19.8. The van der Waals surface area contributed by atoms with E-state index in [1.807, 2.05) is 31.3 Å². The Bertz CT molecular complexity index is 736. The number of hydrogen-bond acceptors (Lipinski definition) is 6. The summed E-state index contributed by atoms with van der Waals surface area (Å²) >= 11 is 1.65. The number of anilines is 1. The van der Waals surface area contributed by atoms with Crippen LogP contribution in [0, 0.1) is 0 Å². The highest BCUT2D eigenvalue weighted by Gasteiger charge is 2.20. The van der Waals surface area contributed by atoms with Gasteiger partial charge >= 0.3 is 0 Å². The molecule has 1 saturated heterocycles. The summed E-state index contributed by atoms with van der Waals surface area (Å²) in [6, 6.07) is 6.57. The molecule has 2 N–H and O–H groups in total. The molecule has 28 heavy (non-hydrogen) atoms.